The molecule has 1 unspecified atom stereocenters. The van der Waals surface area contributed by atoms with Crippen LogP contribution in [0.2, 0.25) is 0 Å². The topological polar surface area (TPSA) is 59.4 Å². The fourth-order valence-electron chi connectivity index (χ4n) is 2.78. The summed E-state index contributed by atoms with van der Waals surface area (Å²) in [5, 5.41) is 4.42. The number of hydrogen-bond acceptors (Lipinski definition) is 4. The molecule has 0 bridgehead atoms. The first kappa shape index (κ1) is 13.7. The Balaban J connectivity index is 1.93. The van der Waals surface area contributed by atoms with E-state index in [1.165, 1.54) is 5.56 Å². The number of aromatic nitrogens is 2. The summed E-state index contributed by atoms with van der Waals surface area (Å²) >= 11 is 0. The first-order valence-corrected chi connectivity index (χ1v) is 7.38. The highest BCUT2D eigenvalue weighted by Crippen LogP contribution is 2.32. The van der Waals surface area contributed by atoms with Gasteiger partial charge in [-0.15, -0.1) is 0 Å². The Morgan fingerprint density at radius 2 is 2.14 bits per heavy atom. The van der Waals surface area contributed by atoms with Crippen LogP contribution in [-0.4, -0.2) is 22.3 Å². The Hall–Kier alpha value is -2.30. The van der Waals surface area contributed by atoms with Gasteiger partial charge in [-0.3, -0.25) is 9.67 Å². The molecule has 0 aliphatic carbocycles. The van der Waals surface area contributed by atoms with Crippen molar-refractivity contribution in [3.63, 3.8) is 0 Å². The van der Waals surface area contributed by atoms with E-state index in [1.807, 2.05) is 23.0 Å². The molecule has 2 N–H and O–H groups in total. The van der Waals surface area contributed by atoms with Crippen molar-refractivity contribution in [1.29, 1.82) is 0 Å². The van der Waals surface area contributed by atoms with Gasteiger partial charge in [0, 0.05) is 24.0 Å². The second kappa shape index (κ2) is 5.60. The summed E-state index contributed by atoms with van der Waals surface area (Å²) < 4.78 is 1.99. The van der Waals surface area contributed by atoms with Gasteiger partial charge in [-0.25, -0.2) is 0 Å². The molecule has 2 heterocycles. The maximum Gasteiger partial charge on any atom is 0.196 e. The van der Waals surface area contributed by atoms with Gasteiger partial charge >= 0.3 is 0 Å². The lowest BCUT2D eigenvalue weighted by molar-refractivity contribution is 0.601. The molecule has 1 aromatic carbocycles. The van der Waals surface area contributed by atoms with Crippen LogP contribution in [0.1, 0.15) is 30.5 Å². The lowest BCUT2D eigenvalue weighted by Gasteiger charge is -2.27. The summed E-state index contributed by atoms with van der Waals surface area (Å²) in [4.78, 5) is 6.55. The van der Waals surface area contributed by atoms with Crippen molar-refractivity contribution in [1.82, 2.24) is 9.78 Å². The fourth-order valence-corrected chi connectivity index (χ4v) is 2.78. The van der Waals surface area contributed by atoms with Crippen molar-refractivity contribution in [3.8, 4) is 0 Å². The van der Waals surface area contributed by atoms with E-state index in [1.54, 1.807) is 0 Å². The molecular formula is C16H21N5. The van der Waals surface area contributed by atoms with E-state index in [-0.39, 0.29) is 6.04 Å². The summed E-state index contributed by atoms with van der Waals surface area (Å²) in [6, 6.07) is 8.39. The maximum absolute atomic E-state index is 6.12. The van der Waals surface area contributed by atoms with Gasteiger partial charge < -0.3 is 10.6 Å². The van der Waals surface area contributed by atoms with Crippen molar-refractivity contribution in [2.45, 2.75) is 32.9 Å². The summed E-state index contributed by atoms with van der Waals surface area (Å²) in [5.41, 5.74) is 9.60. The number of anilines is 1. The third-order valence-corrected chi connectivity index (χ3v) is 3.85. The third kappa shape index (κ3) is 2.51. The van der Waals surface area contributed by atoms with Crippen molar-refractivity contribution in [2.24, 2.45) is 10.7 Å². The SMILES string of the molecule is CCCn1cc(C2CN=C(N)N2c2ccccc2C)cn1. The van der Waals surface area contributed by atoms with E-state index in [9.17, 15) is 0 Å². The number of rotatable bonds is 4. The van der Waals surface area contributed by atoms with Crippen LogP contribution in [0.15, 0.2) is 41.7 Å². The predicted octanol–water partition coefficient (Wildman–Crippen LogP) is 2.48. The first-order chi connectivity index (χ1) is 10.2. The van der Waals surface area contributed by atoms with Crippen LogP contribution in [0.5, 0.6) is 0 Å². The first-order valence-electron chi connectivity index (χ1n) is 7.38. The number of nitrogens with two attached hydrogens (primary N) is 1. The van der Waals surface area contributed by atoms with Gasteiger partial charge in [0.25, 0.3) is 0 Å². The summed E-state index contributed by atoms with van der Waals surface area (Å²) in [6.07, 6.45) is 5.11. The molecule has 1 atom stereocenters. The molecule has 1 aliphatic heterocycles. The van der Waals surface area contributed by atoms with Gasteiger partial charge in [0.1, 0.15) is 0 Å². The number of hydrogen-bond donors (Lipinski definition) is 1. The Morgan fingerprint density at radius 3 is 2.90 bits per heavy atom. The molecule has 5 heteroatoms. The Bertz CT molecular complexity index is 658. The second-order valence-corrected chi connectivity index (χ2v) is 5.41. The monoisotopic (exact) mass is 283 g/mol. The number of nitrogens with zero attached hydrogens (tertiary/aromatic N) is 4. The lowest BCUT2D eigenvalue weighted by atomic mass is 10.1. The van der Waals surface area contributed by atoms with Gasteiger partial charge in [0.2, 0.25) is 0 Å². The number of benzene rings is 1. The number of guanidine groups is 1. The maximum atomic E-state index is 6.12. The normalized spacial score (nSPS) is 18.1. The Kier molecular flexibility index (Phi) is 3.64. The van der Waals surface area contributed by atoms with E-state index >= 15 is 0 Å². The van der Waals surface area contributed by atoms with E-state index in [2.05, 4.69) is 47.2 Å². The lowest BCUT2D eigenvalue weighted by Crippen LogP contribution is -2.36. The molecule has 0 fully saturated rings. The summed E-state index contributed by atoms with van der Waals surface area (Å²) in [7, 11) is 0. The number of para-hydroxylation sites is 1. The van der Waals surface area contributed by atoms with Crippen molar-refractivity contribution < 1.29 is 0 Å². The highest BCUT2D eigenvalue weighted by atomic mass is 15.3. The largest absolute Gasteiger partial charge is 0.369 e. The van der Waals surface area contributed by atoms with Crippen LogP contribution in [0.3, 0.4) is 0 Å². The number of aryl methyl sites for hydroxylation is 2. The van der Waals surface area contributed by atoms with E-state index in [0.717, 1.165) is 24.2 Å². The average molecular weight is 283 g/mol. The van der Waals surface area contributed by atoms with Crippen LogP contribution in [0, 0.1) is 6.92 Å². The molecule has 0 saturated carbocycles. The molecule has 0 radical (unpaired) electrons. The minimum absolute atomic E-state index is 0.136. The number of aliphatic imine (C=N–C) groups is 1. The molecule has 0 saturated heterocycles. The van der Waals surface area contributed by atoms with E-state index in [0.29, 0.717) is 12.5 Å². The van der Waals surface area contributed by atoms with Crippen molar-refractivity contribution >= 4 is 11.6 Å². The van der Waals surface area contributed by atoms with Gasteiger partial charge in [-0.1, -0.05) is 25.1 Å². The summed E-state index contributed by atoms with van der Waals surface area (Å²) in [5.74, 6) is 0.581. The molecule has 3 rings (SSSR count). The molecule has 1 aliphatic rings. The Labute approximate surface area is 125 Å². The van der Waals surface area contributed by atoms with Gasteiger partial charge in [-0.05, 0) is 25.0 Å². The zero-order valence-electron chi connectivity index (χ0n) is 12.5. The molecule has 0 amide bonds. The average Bonchev–Trinajstić information content (AvgIpc) is 3.07. The highest BCUT2D eigenvalue weighted by molar-refractivity contribution is 5.98. The molecule has 2 aromatic rings. The highest BCUT2D eigenvalue weighted by Gasteiger charge is 2.30. The van der Waals surface area contributed by atoms with E-state index < -0.39 is 0 Å². The van der Waals surface area contributed by atoms with Crippen LogP contribution in [-0.2, 0) is 6.54 Å². The standard InChI is InChI=1S/C16H21N5/c1-3-8-20-11-13(9-19-20)15-10-18-16(17)21(15)14-7-5-4-6-12(14)2/h4-7,9,11,15H,3,8,10H2,1-2H3,(H2,17,18). The van der Waals surface area contributed by atoms with Gasteiger partial charge in [-0.2, -0.15) is 5.10 Å². The molecule has 1 aromatic heterocycles. The third-order valence-electron chi connectivity index (χ3n) is 3.85. The van der Waals surface area contributed by atoms with Crippen LogP contribution < -0.4 is 10.6 Å². The van der Waals surface area contributed by atoms with Gasteiger partial charge in [0.15, 0.2) is 5.96 Å². The fraction of sp³-hybridized carbons (Fsp3) is 0.375. The zero-order valence-corrected chi connectivity index (χ0v) is 12.5. The molecule has 110 valence electrons. The van der Waals surface area contributed by atoms with Crippen LogP contribution >= 0.6 is 0 Å². The quantitative estimate of drug-likeness (QED) is 0.937. The predicted molar refractivity (Wildman–Crippen MR) is 85.4 cm³/mol. The second-order valence-electron chi connectivity index (χ2n) is 5.41. The smallest absolute Gasteiger partial charge is 0.196 e. The minimum Gasteiger partial charge on any atom is -0.369 e. The summed E-state index contributed by atoms with van der Waals surface area (Å²) in [6.45, 7) is 5.86. The van der Waals surface area contributed by atoms with Crippen LogP contribution in [0.25, 0.3) is 0 Å². The van der Waals surface area contributed by atoms with Crippen molar-refractivity contribution in [3.05, 3.63) is 47.8 Å². The Morgan fingerprint density at radius 1 is 1.33 bits per heavy atom. The van der Waals surface area contributed by atoms with Crippen LogP contribution in [0.4, 0.5) is 5.69 Å². The molecular weight excluding hydrogens is 262 g/mol. The molecule has 5 nitrogen and oxygen atoms in total. The zero-order chi connectivity index (χ0) is 14.8. The molecule has 21 heavy (non-hydrogen) atoms. The molecule has 0 spiro atoms. The van der Waals surface area contributed by atoms with Crippen molar-refractivity contribution in [2.75, 3.05) is 11.4 Å². The van der Waals surface area contributed by atoms with E-state index in [4.69, 9.17) is 5.73 Å². The minimum atomic E-state index is 0.136. The van der Waals surface area contributed by atoms with Gasteiger partial charge in [0.05, 0.1) is 18.8 Å².